The SMILES string of the molecule is CC(CO)(Nc1ccc(Br)cc1)c1ccc(F)c(F)c1. The maximum Gasteiger partial charge on any atom is 0.159 e. The summed E-state index contributed by atoms with van der Waals surface area (Å²) in [6, 6.07) is 11.0. The van der Waals surface area contributed by atoms with E-state index in [0.717, 1.165) is 22.3 Å². The Labute approximate surface area is 124 Å². The lowest BCUT2D eigenvalue weighted by atomic mass is 9.92. The Morgan fingerprint density at radius 2 is 1.75 bits per heavy atom. The number of benzene rings is 2. The zero-order valence-electron chi connectivity index (χ0n) is 10.8. The lowest BCUT2D eigenvalue weighted by Crippen LogP contribution is -2.36. The van der Waals surface area contributed by atoms with Gasteiger partial charge in [-0.2, -0.15) is 0 Å². The Morgan fingerprint density at radius 3 is 2.30 bits per heavy atom. The summed E-state index contributed by atoms with van der Waals surface area (Å²) in [6.07, 6.45) is 0. The van der Waals surface area contributed by atoms with E-state index in [1.54, 1.807) is 6.92 Å². The molecule has 0 saturated heterocycles. The Morgan fingerprint density at radius 1 is 1.10 bits per heavy atom. The van der Waals surface area contributed by atoms with Crippen LogP contribution >= 0.6 is 15.9 Å². The average Bonchev–Trinajstić information content (AvgIpc) is 2.44. The molecule has 0 radical (unpaired) electrons. The van der Waals surface area contributed by atoms with Gasteiger partial charge in [-0.05, 0) is 48.9 Å². The number of hydrogen-bond acceptors (Lipinski definition) is 2. The number of anilines is 1. The summed E-state index contributed by atoms with van der Waals surface area (Å²) in [5, 5.41) is 12.8. The van der Waals surface area contributed by atoms with E-state index in [9.17, 15) is 13.9 Å². The number of aliphatic hydroxyl groups excluding tert-OH is 1. The van der Waals surface area contributed by atoms with Crippen LogP contribution in [-0.2, 0) is 5.54 Å². The van der Waals surface area contributed by atoms with Crippen LogP contribution in [0.2, 0.25) is 0 Å². The maximum absolute atomic E-state index is 13.3. The third kappa shape index (κ3) is 3.16. The maximum atomic E-state index is 13.3. The van der Waals surface area contributed by atoms with Crippen molar-refractivity contribution in [3.05, 3.63) is 64.1 Å². The number of hydrogen-bond donors (Lipinski definition) is 2. The molecule has 2 rings (SSSR count). The van der Waals surface area contributed by atoms with Crippen LogP contribution in [0.5, 0.6) is 0 Å². The molecule has 0 aliphatic heterocycles. The van der Waals surface area contributed by atoms with Crippen LogP contribution in [0.15, 0.2) is 46.9 Å². The van der Waals surface area contributed by atoms with Crippen LogP contribution in [0.3, 0.4) is 0 Å². The third-order valence-electron chi connectivity index (χ3n) is 3.14. The van der Waals surface area contributed by atoms with E-state index in [-0.39, 0.29) is 6.61 Å². The van der Waals surface area contributed by atoms with Crippen molar-refractivity contribution in [2.75, 3.05) is 11.9 Å². The van der Waals surface area contributed by atoms with E-state index in [1.807, 2.05) is 24.3 Å². The molecule has 2 aromatic rings. The van der Waals surface area contributed by atoms with Gasteiger partial charge in [0.25, 0.3) is 0 Å². The molecule has 106 valence electrons. The fourth-order valence-corrected chi connectivity index (χ4v) is 2.16. The van der Waals surface area contributed by atoms with E-state index >= 15 is 0 Å². The summed E-state index contributed by atoms with van der Waals surface area (Å²) in [5.74, 6) is -1.84. The molecule has 0 fully saturated rings. The highest BCUT2D eigenvalue weighted by molar-refractivity contribution is 9.10. The first-order valence-electron chi connectivity index (χ1n) is 6.05. The van der Waals surface area contributed by atoms with Crippen molar-refractivity contribution >= 4 is 21.6 Å². The molecule has 2 aromatic carbocycles. The number of aliphatic hydroxyl groups is 1. The van der Waals surface area contributed by atoms with Crippen LogP contribution in [-0.4, -0.2) is 11.7 Å². The molecule has 1 unspecified atom stereocenters. The highest BCUT2D eigenvalue weighted by Gasteiger charge is 2.26. The Hall–Kier alpha value is -1.46. The monoisotopic (exact) mass is 341 g/mol. The Bertz CT molecular complexity index is 603. The predicted octanol–water partition coefficient (Wildman–Crippen LogP) is 4.05. The molecule has 5 heteroatoms. The second-order valence-electron chi connectivity index (χ2n) is 4.75. The molecule has 0 heterocycles. The highest BCUT2D eigenvalue weighted by Crippen LogP contribution is 2.27. The van der Waals surface area contributed by atoms with Gasteiger partial charge < -0.3 is 10.4 Å². The van der Waals surface area contributed by atoms with Gasteiger partial charge in [0.15, 0.2) is 11.6 Å². The van der Waals surface area contributed by atoms with Crippen LogP contribution in [0.4, 0.5) is 14.5 Å². The van der Waals surface area contributed by atoms with Crippen LogP contribution < -0.4 is 5.32 Å². The zero-order valence-corrected chi connectivity index (χ0v) is 12.4. The van der Waals surface area contributed by atoms with Crippen molar-refractivity contribution in [2.24, 2.45) is 0 Å². The molecule has 0 aliphatic rings. The Balaban J connectivity index is 2.32. The molecule has 2 nitrogen and oxygen atoms in total. The van der Waals surface area contributed by atoms with Crippen LogP contribution in [0.25, 0.3) is 0 Å². The number of nitrogens with one attached hydrogen (secondary N) is 1. The summed E-state index contributed by atoms with van der Waals surface area (Å²) >= 11 is 3.34. The second-order valence-corrected chi connectivity index (χ2v) is 5.67. The molecule has 0 saturated carbocycles. The van der Waals surface area contributed by atoms with E-state index in [4.69, 9.17) is 0 Å². The molecular formula is C15H14BrF2NO. The second kappa shape index (κ2) is 5.89. The lowest BCUT2D eigenvalue weighted by Gasteiger charge is -2.30. The predicted molar refractivity (Wildman–Crippen MR) is 78.6 cm³/mol. The van der Waals surface area contributed by atoms with Gasteiger partial charge in [0.1, 0.15) is 0 Å². The minimum Gasteiger partial charge on any atom is -0.394 e. The molecule has 0 bridgehead atoms. The van der Waals surface area contributed by atoms with E-state index in [0.29, 0.717) is 5.56 Å². The largest absolute Gasteiger partial charge is 0.394 e. The van der Waals surface area contributed by atoms with E-state index in [1.165, 1.54) is 6.07 Å². The van der Waals surface area contributed by atoms with Crippen LogP contribution in [0, 0.1) is 11.6 Å². The molecule has 0 aliphatic carbocycles. The molecule has 1 atom stereocenters. The van der Waals surface area contributed by atoms with Crippen molar-refractivity contribution in [3.63, 3.8) is 0 Å². The first-order chi connectivity index (χ1) is 9.44. The van der Waals surface area contributed by atoms with Crippen molar-refractivity contribution in [3.8, 4) is 0 Å². The third-order valence-corrected chi connectivity index (χ3v) is 3.67. The number of rotatable bonds is 4. The van der Waals surface area contributed by atoms with Crippen molar-refractivity contribution in [1.29, 1.82) is 0 Å². The first-order valence-corrected chi connectivity index (χ1v) is 6.84. The summed E-state index contributed by atoms with van der Waals surface area (Å²) < 4.78 is 27.3. The fourth-order valence-electron chi connectivity index (χ4n) is 1.89. The Kier molecular flexibility index (Phi) is 4.40. The quantitative estimate of drug-likeness (QED) is 0.879. The molecule has 20 heavy (non-hydrogen) atoms. The molecule has 0 amide bonds. The van der Waals surface area contributed by atoms with Gasteiger partial charge >= 0.3 is 0 Å². The molecule has 0 spiro atoms. The summed E-state index contributed by atoms with van der Waals surface area (Å²) in [4.78, 5) is 0. The first kappa shape index (κ1) is 14.9. The van der Waals surface area contributed by atoms with E-state index < -0.39 is 17.2 Å². The topological polar surface area (TPSA) is 32.3 Å². The molecular weight excluding hydrogens is 328 g/mol. The van der Waals surface area contributed by atoms with Gasteiger partial charge in [0.2, 0.25) is 0 Å². The summed E-state index contributed by atoms with van der Waals surface area (Å²) in [5.41, 5.74) is 0.346. The fraction of sp³-hybridized carbons (Fsp3) is 0.200. The summed E-state index contributed by atoms with van der Waals surface area (Å²) in [6.45, 7) is 1.47. The molecule has 0 aromatic heterocycles. The smallest absolute Gasteiger partial charge is 0.159 e. The van der Waals surface area contributed by atoms with Gasteiger partial charge in [0, 0.05) is 10.2 Å². The van der Waals surface area contributed by atoms with Gasteiger partial charge in [-0.15, -0.1) is 0 Å². The molecule has 2 N–H and O–H groups in total. The highest BCUT2D eigenvalue weighted by atomic mass is 79.9. The normalized spacial score (nSPS) is 13.8. The van der Waals surface area contributed by atoms with Crippen molar-refractivity contribution in [2.45, 2.75) is 12.5 Å². The van der Waals surface area contributed by atoms with Gasteiger partial charge in [-0.3, -0.25) is 0 Å². The van der Waals surface area contributed by atoms with Crippen molar-refractivity contribution in [1.82, 2.24) is 0 Å². The minimum atomic E-state index is -0.931. The standard InChI is InChI=1S/C15H14BrF2NO/c1-15(9-20,10-2-7-13(17)14(18)8-10)19-12-5-3-11(16)4-6-12/h2-8,19-20H,9H2,1H3. The van der Waals surface area contributed by atoms with Gasteiger partial charge in [0.05, 0.1) is 12.1 Å². The minimum absolute atomic E-state index is 0.256. The lowest BCUT2D eigenvalue weighted by molar-refractivity contribution is 0.223. The summed E-state index contributed by atoms with van der Waals surface area (Å²) in [7, 11) is 0. The van der Waals surface area contributed by atoms with E-state index in [2.05, 4.69) is 21.2 Å². The van der Waals surface area contributed by atoms with Crippen LogP contribution in [0.1, 0.15) is 12.5 Å². The van der Waals surface area contributed by atoms with Gasteiger partial charge in [-0.1, -0.05) is 22.0 Å². The van der Waals surface area contributed by atoms with Gasteiger partial charge in [-0.25, -0.2) is 8.78 Å². The zero-order chi connectivity index (χ0) is 14.8. The van der Waals surface area contributed by atoms with Crippen molar-refractivity contribution < 1.29 is 13.9 Å². The average molecular weight is 342 g/mol. The number of halogens is 3.